The number of hydrogen-bond donors (Lipinski definition) is 2. The van der Waals surface area contributed by atoms with Gasteiger partial charge in [0.1, 0.15) is 6.42 Å². The third-order valence-electron chi connectivity index (χ3n) is 1.30. The van der Waals surface area contributed by atoms with E-state index in [1.54, 1.807) is 13.0 Å². The highest BCUT2D eigenvalue weighted by molar-refractivity contribution is 5.71. The van der Waals surface area contributed by atoms with Crippen LogP contribution in [0.2, 0.25) is 0 Å². The summed E-state index contributed by atoms with van der Waals surface area (Å²) in [6.07, 6.45) is 1.95. The average molecular weight is 156 g/mol. The summed E-state index contributed by atoms with van der Waals surface area (Å²) in [5.41, 5.74) is 3.98. The maximum atomic E-state index is 10.3. The molecule has 0 aromatic heterocycles. The highest BCUT2D eigenvalue weighted by atomic mass is 16.4. The highest BCUT2D eigenvalue weighted by Crippen LogP contribution is 2.03. The van der Waals surface area contributed by atoms with Crippen LogP contribution in [0.1, 0.15) is 13.3 Å². The lowest BCUT2D eigenvalue weighted by Crippen LogP contribution is -2.64. The number of nitrogens with zero attached hydrogens (tertiary/aromatic N) is 1. The minimum Gasteiger partial charge on any atom is -0.477 e. The Morgan fingerprint density at radius 2 is 2.45 bits per heavy atom. The van der Waals surface area contributed by atoms with E-state index in [0.29, 0.717) is 5.70 Å². The Hall–Kier alpha value is -1.34. The Bertz CT molecular complexity index is 215. The van der Waals surface area contributed by atoms with Crippen LogP contribution >= 0.6 is 0 Å². The first kappa shape index (κ1) is 9.66. The normalized spacial score (nSPS) is 13.7. The molecule has 4 nitrogen and oxygen atoms in total. The molecule has 0 aromatic carbocycles. The molecule has 0 saturated carbocycles. The summed E-state index contributed by atoms with van der Waals surface area (Å²) in [5, 5.41) is 8.45. The highest BCUT2D eigenvalue weighted by Gasteiger charge is 2.21. The predicted molar refractivity (Wildman–Crippen MR) is 41.0 cm³/mol. The minimum atomic E-state index is -0.937. The van der Waals surface area contributed by atoms with Crippen LogP contribution < -0.4 is 5.73 Å². The molecule has 1 unspecified atom stereocenters. The molecule has 0 heterocycles. The second-order valence-electron chi connectivity index (χ2n) is 2.15. The van der Waals surface area contributed by atoms with E-state index in [9.17, 15) is 4.79 Å². The van der Waals surface area contributed by atoms with Crippen LogP contribution in [0.15, 0.2) is 11.8 Å². The summed E-state index contributed by atoms with van der Waals surface area (Å²) in [7, 11) is 0. The van der Waals surface area contributed by atoms with Crippen molar-refractivity contribution >= 4 is 5.97 Å². The van der Waals surface area contributed by atoms with Gasteiger partial charge in [-0.3, -0.25) is 0 Å². The fourth-order valence-corrected chi connectivity index (χ4v) is 0.585. The summed E-state index contributed by atoms with van der Waals surface area (Å²) >= 11 is 0. The summed E-state index contributed by atoms with van der Waals surface area (Å²) in [6, 6.07) is -0.673. The maximum absolute atomic E-state index is 10.3. The molecule has 0 aliphatic rings. The van der Waals surface area contributed by atoms with Gasteiger partial charge in [0.05, 0.1) is 0 Å². The number of hydrogen-bond acceptors (Lipinski definition) is 1. The largest absolute Gasteiger partial charge is 0.477 e. The molecule has 4 N–H and O–H groups in total. The van der Waals surface area contributed by atoms with Gasteiger partial charge >= 0.3 is 11.7 Å². The van der Waals surface area contributed by atoms with E-state index in [-0.39, 0.29) is 6.42 Å². The molecule has 0 bridgehead atoms. The first-order valence-electron chi connectivity index (χ1n) is 3.23. The van der Waals surface area contributed by atoms with Gasteiger partial charge in [-0.1, -0.05) is 0 Å². The number of carboxylic acid groups (broad SMARTS) is 1. The molecule has 0 spiro atoms. The lowest BCUT2D eigenvalue weighted by molar-refractivity contribution is -0.406. The quantitative estimate of drug-likeness (QED) is 0.601. The van der Waals surface area contributed by atoms with Crippen LogP contribution in [-0.2, 0) is 4.79 Å². The van der Waals surface area contributed by atoms with Crippen molar-refractivity contribution in [3.05, 3.63) is 16.6 Å². The van der Waals surface area contributed by atoms with Gasteiger partial charge in [-0.05, 0) is 17.8 Å². The molecule has 1 atom stereocenters. The predicted octanol–water partition coefficient (Wildman–Crippen LogP) is -0.0619. The first-order chi connectivity index (χ1) is 5.11. The van der Waals surface area contributed by atoms with E-state index in [1.807, 2.05) is 0 Å². The fraction of sp³-hybridized carbons (Fsp3) is 0.429. The Labute approximate surface area is 65.1 Å². The minimum absolute atomic E-state index is 0.280. The van der Waals surface area contributed by atoms with Crippen molar-refractivity contribution in [3.63, 3.8) is 0 Å². The van der Waals surface area contributed by atoms with Crippen LogP contribution in [-0.4, -0.2) is 17.1 Å². The van der Waals surface area contributed by atoms with Crippen molar-refractivity contribution in [2.45, 2.75) is 19.4 Å². The van der Waals surface area contributed by atoms with E-state index >= 15 is 0 Å². The second-order valence-corrected chi connectivity index (χ2v) is 2.15. The monoisotopic (exact) mass is 156 g/mol. The summed E-state index contributed by atoms with van der Waals surface area (Å²) in [5.74, 6) is -0.937. The Morgan fingerprint density at radius 3 is 2.73 bits per heavy atom. The van der Waals surface area contributed by atoms with Crippen molar-refractivity contribution in [2.24, 2.45) is 0 Å². The number of carboxylic acids is 1. The molecule has 0 rings (SSSR count). The smallest absolute Gasteiger partial charge is 0.362 e. The zero-order valence-corrected chi connectivity index (χ0v) is 6.45. The topological polar surface area (TPSA) is 69.3 Å². The molecule has 4 heteroatoms. The molecular formula is C7H12N2O2+2. The Morgan fingerprint density at radius 1 is 1.91 bits per heavy atom. The van der Waals surface area contributed by atoms with E-state index in [2.05, 4.69) is 10.6 Å². The lowest BCUT2D eigenvalue weighted by Gasteiger charge is -1.94. The van der Waals surface area contributed by atoms with E-state index < -0.39 is 12.0 Å². The lowest BCUT2D eigenvalue weighted by atomic mass is 10.2. The number of allylic oxidation sites excluding steroid dienone is 1. The zero-order chi connectivity index (χ0) is 8.85. The fourth-order valence-electron chi connectivity index (χ4n) is 0.585. The van der Waals surface area contributed by atoms with Gasteiger partial charge in [-0.15, -0.1) is 0 Å². The molecule has 0 aliphatic heterocycles. The van der Waals surface area contributed by atoms with Crippen molar-refractivity contribution in [3.8, 4) is 6.57 Å². The van der Waals surface area contributed by atoms with Gasteiger partial charge in [-0.25, -0.2) is 4.79 Å². The standard InChI is InChI=1S/C7H10N2O2/c1-3-5(9-2)4-6(8)7(10)11/h2-3,6H,4,8H2,1H3/p+2. The average Bonchev–Trinajstić information content (AvgIpc) is 1.99. The van der Waals surface area contributed by atoms with Crippen LogP contribution in [0.4, 0.5) is 0 Å². The van der Waals surface area contributed by atoms with Gasteiger partial charge in [0.2, 0.25) is 0 Å². The summed E-state index contributed by atoms with van der Waals surface area (Å²) in [4.78, 5) is 13.7. The van der Waals surface area contributed by atoms with Crippen molar-refractivity contribution in [1.82, 2.24) is 0 Å². The van der Waals surface area contributed by atoms with Crippen LogP contribution in [0, 0.1) is 6.57 Å². The molecule has 0 radical (unpaired) electrons. The molecule has 0 fully saturated rings. The molecular weight excluding hydrogens is 144 g/mol. The molecule has 0 aliphatic carbocycles. The third kappa shape index (κ3) is 3.38. The van der Waals surface area contributed by atoms with Crippen molar-refractivity contribution in [1.29, 1.82) is 0 Å². The third-order valence-corrected chi connectivity index (χ3v) is 1.30. The number of aliphatic carboxylic acids is 1. The maximum Gasteiger partial charge on any atom is 0.362 e. The van der Waals surface area contributed by atoms with Crippen LogP contribution in [0.5, 0.6) is 0 Å². The van der Waals surface area contributed by atoms with E-state index in [4.69, 9.17) is 11.7 Å². The van der Waals surface area contributed by atoms with Crippen LogP contribution in [0.25, 0.3) is 4.85 Å². The van der Waals surface area contributed by atoms with Crippen LogP contribution in [0.3, 0.4) is 0 Å². The van der Waals surface area contributed by atoms with Gasteiger partial charge in [-0.2, -0.15) is 0 Å². The Kier molecular flexibility index (Phi) is 3.93. The SMILES string of the molecule is C#[N+]C(=CC)CC([NH3+])C(=O)O. The molecule has 0 aromatic rings. The summed E-state index contributed by atoms with van der Waals surface area (Å²) in [6.45, 7) is 6.72. The second kappa shape index (κ2) is 4.47. The molecule has 0 amide bonds. The van der Waals surface area contributed by atoms with Crippen molar-refractivity contribution < 1.29 is 15.6 Å². The van der Waals surface area contributed by atoms with E-state index in [0.717, 1.165) is 0 Å². The van der Waals surface area contributed by atoms with Gasteiger partial charge in [0.25, 0.3) is 6.57 Å². The number of carbonyl (C=O) groups is 1. The number of quaternary nitrogens is 1. The summed E-state index contributed by atoms with van der Waals surface area (Å²) < 4.78 is 0. The molecule has 11 heavy (non-hydrogen) atoms. The molecule has 0 saturated heterocycles. The first-order valence-corrected chi connectivity index (χ1v) is 3.23. The molecule has 60 valence electrons. The van der Waals surface area contributed by atoms with Gasteiger partial charge in [0.15, 0.2) is 6.04 Å². The Balaban J connectivity index is 4.06. The van der Waals surface area contributed by atoms with Crippen molar-refractivity contribution in [2.75, 3.05) is 0 Å². The van der Waals surface area contributed by atoms with Gasteiger partial charge < -0.3 is 10.8 Å². The van der Waals surface area contributed by atoms with Gasteiger partial charge in [0, 0.05) is 0 Å². The number of rotatable bonds is 3. The zero-order valence-electron chi connectivity index (χ0n) is 6.45. The van der Waals surface area contributed by atoms with E-state index in [1.165, 1.54) is 0 Å².